The van der Waals surface area contributed by atoms with Crippen LogP contribution >= 0.6 is 0 Å². The summed E-state index contributed by atoms with van der Waals surface area (Å²) >= 11 is 2.17. The fourth-order valence-electron chi connectivity index (χ4n) is 1.09. The molecule has 0 heterocycles. The van der Waals surface area contributed by atoms with E-state index in [1.807, 2.05) is 0 Å². The Morgan fingerprint density at radius 1 is 1.27 bits per heavy atom. The fourth-order valence-corrected chi connectivity index (χ4v) is 1.09. The Bertz CT molecular complexity index is 102. The number of likely N-dealkylation sites (N-methyl/N-ethyl adjacent to an activating group) is 1. The molecule has 0 aliphatic carbocycles. The maximum atomic E-state index is 2.45. The van der Waals surface area contributed by atoms with Crippen molar-refractivity contribution in [1.82, 2.24) is 4.90 Å². The first-order valence-corrected chi connectivity index (χ1v) is 4.72. The van der Waals surface area contributed by atoms with Crippen molar-refractivity contribution in [2.75, 3.05) is 19.6 Å². The van der Waals surface area contributed by atoms with Gasteiger partial charge in [0.15, 0.2) is 0 Å². The van der Waals surface area contributed by atoms with Gasteiger partial charge < -0.3 is 0 Å². The van der Waals surface area contributed by atoms with Crippen molar-refractivity contribution in [3.8, 4) is 0 Å². The Morgan fingerprint density at radius 3 is 2.45 bits per heavy atom. The van der Waals surface area contributed by atoms with E-state index >= 15 is 0 Å². The third-order valence-electron chi connectivity index (χ3n) is 1.75. The molecule has 0 aliphatic rings. The van der Waals surface area contributed by atoms with E-state index in [0.717, 1.165) is 11.6 Å². The second-order valence-corrected chi connectivity index (χ2v) is 2.77. The van der Waals surface area contributed by atoms with Crippen LogP contribution in [0.2, 0.25) is 5.09 Å². The van der Waals surface area contributed by atoms with Crippen molar-refractivity contribution in [2.45, 2.75) is 25.4 Å². The van der Waals surface area contributed by atoms with E-state index in [9.17, 15) is 0 Å². The van der Waals surface area contributed by atoms with E-state index < -0.39 is 0 Å². The van der Waals surface area contributed by atoms with Gasteiger partial charge in [-0.2, -0.15) is 0 Å². The molecule has 1 nitrogen and oxygen atoms in total. The van der Waals surface area contributed by atoms with Crippen LogP contribution in [-0.4, -0.2) is 42.2 Å². The third-order valence-corrected chi connectivity index (χ3v) is 1.75. The standard InChI is InChI=1S/C9H18N.Li/c1-4-7-9-10(6-3)8-5-2;/h4,7H,1,5-6,8-9H2,2-3H3;/b7-4+;. The van der Waals surface area contributed by atoms with Crippen molar-refractivity contribution in [3.05, 3.63) is 12.2 Å². The summed E-state index contributed by atoms with van der Waals surface area (Å²) in [7, 11) is 0. The molecule has 0 saturated carbocycles. The average Bonchev–Trinajstić information content (AvgIpc) is 2.03. The second-order valence-electron chi connectivity index (χ2n) is 2.77. The van der Waals surface area contributed by atoms with Crippen LogP contribution < -0.4 is 0 Å². The molecule has 0 N–H and O–H groups in total. The van der Waals surface area contributed by atoms with Crippen LogP contribution in [0.5, 0.6) is 0 Å². The molecule has 0 radical (unpaired) electrons. The molecule has 0 bridgehead atoms. The van der Waals surface area contributed by atoms with Gasteiger partial charge in [-0.15, -0.1) is 0 Å². The molecule has 0 atom stereocenters. The van der Waals surface area contributed by atoms with Crippen molar-refractivity contribution < 1.29 is 0 Å². The minimum atomic E-state index is 1.12. The quantitative estimate of drug-likeness (QED) is 0.409. The molecule has 0 rings (SSSR count). The molecule has 0 saturated heterocycles. The van der Waals surface area contributed by atoms with E-state index in [-0.39, 0.29) is 0 Å². The zero-order valence-electron chi connectivity index (χ0n) is 8.14. The Labute approximate surface area is 80.1 Å². The molecule has 0 amide bonds. The van der Waals surface area contributed by atoms with Gasteiger partial charge in [-0.05, 0) is 0 Å². The molecular weight excluding hydrogens is 129 g/mol. The Hall–Kier alpha value is 0.297. The van der Waals surface area contributed by atoms with Gasteiger partial charge in [-0.1, -0.05) is 0 Å². The van der Waals surface area contributed by atoms with E-state index in [1.54, 1.807) is 0 Å². The molecule has 0 aliphatic heterocycles. The molecule has 0 fully saturated rings. The first kappa shape index (κ1) is 11.3. The van der Waals surface area contributed by atoms with Gasteiger partial charge >= 0.3 is 79.8 Å². The molecule has 11 heavy (non-hydrogen) atoms. The molecule has 0 aromatic carbocycles. The molecule has 0 unspecified atom stereocenters. The molecule has 2 heteroatoms. The first-order valence-electron chi connectivity index (χ1n) is 4.72. The number of rotatable bonds is 6. The van der Waals surface area contributed by atoms with Crippen LogP contribution in [0.15, 0.2) is 12.2 Å². The van der Waals surface area contributed by atoms with Crippen LogP contribution in [-0.2, 0) is 0 Å². The Balaban J connectivity index is 3.42. The Morgan fingerprint density at radius 2 is 2.00 bits per heavy atom. The molecule has 0 aromatic rings. The van der Waals surface area contributed by atoms with Crippen molar-refractivity contribution >= 4 is 17.7 Å². The van der Waals surface area contributed by atoms with Gasteiger partial charge in [-0.3, -0.25) is 0 Å². The normalized spacial score (nSPS) is 11.7. The molecule has 0 aromatic heterocycles. The molecule has 0 spiro atoms. The number of nitrogens with zero attached hydrogens (tertiary/aromatic N) is 1. The predicted octanol–water partition coefficient (Wildman–Crippen LogP) is 1.86. The Kier molecular flexibility index (Phi) is 8.62. The maximum absolute atomic E-state index is 2.45. The summed E-state index contributed by atoms with van der Waals surface area (Å²) < 4.78 is 0. The predicted molar refractivity (Wildman–Crippen MR) is 52.1 cm³/mol. The fraction of sp³-hybridized carbons (Fsp3) is 0.778. The summed E-state index contributed by atoms with van der Waals surface area (Å²) in [6.45, 7) is 7.96. The average molecular weight is 147 g/mol. The summed E-state index contributed by atoms with van der Waals surface area (Å²) in [5.74, 6) is 0. The zero-order chi connectivity index (χ0) is 8.53. The third kappa shape index (κ3) is 6.69. The van der Waals surface area contributed by atoms with Gasteiger partial charge in [-0.25, -0.2) is 0 Å². The summed E-state index contributed by atoms with van der Waals surface area (Å²) in [5.41, 5.74) is 0. The van der Waals surface area contributed by atoms with Crippen LogP contribution in [0.4, 0.5) is 0 Å². The van der Waals surface area contributed by atoms with Crippen molar-refractivity contribution in [3.63, 3.8) is 0 Å². The monoisotopic (exact) mass is 147 g/mol. The van der Waals surface area contributed by atoms with Gasteiger partial charge in [0.2, 0.25) is 0 Å². The number of allylic oxidation sites excluding steroid dienone is 1. The van der Waals surface area contributed by atoms with E-state index in [1.165, 1.54) is 19.5 Å². The topological polar surface area (TPSA) is 3.24 Å². The number of hydrogen-bond donors (Lipinski definition) is 0. The van der Waals surface area contributed by atoms with Crippen LogP contribution in [0.3, 0.4) is 0 Å². The van der Waals surface area contributed by atoms with E-state index in [2.05, 4.69) is 48.6 Å². The van der Waals surface area contributed by atoms with Crippen LogP contribution in [0.1, 0.15) is 20.3 Å². The van der Waals surface area contributed by atoms with E-state index in [0.29, 0.717) is 0 Å². The molecular formula is C9H18LiN. The van der Waals surface area contributed by atoms with Gasteiger partial charge in [0.25, 0.3) is 0 Å². The van der Waals surface area contributed by atoms with Gasteiger partial charge in [0.1, 0.15) is 0 Å². The summed E-state index contributed by atoms with van der Waals surface area (Å²) in [4.78, 5) is 2.45. The first-order chi connectivity index (χ1) is 5.35. The second kappa shape index (κ2) is 8.39. The van der Waals surface area contributed by atoms with Gasteiger partial charge in [0, 0.05) is 0 Å². The SMILES string of the molecule is [Li][CH2]/C=C/CN(CC)CCC. The summed E-state index contributed by atoms with van der Waals surface area (Å²) in [6, 6.07) is 0. The van der Waals surface area contributed by atoms with E-state index in [4.69, 9.17) is 0 Å². The minimum absolute atomic E-state index is 1.12. The summed E-state index contributed by atoms with van der Waals surface area (Å²) in [5, 5.41) is 1.16. The van der Waals surface area contributed by atoms with Crippen LogP contribution in [0.25, 0.3) is 0 Å². The zero-order valence-corrected chi connectivity index (χ0v) is 8.14. The molecule has 60 valence electrons. The van der Waals surface area contributed by atoms with Crippen molar-refractivity contribution in [2.24, 2.45) is 0 Å². The van der Waals surface area contributed by atoms with Crippen LogP contribution in [0, 0.1) is 0 Å². The van der Waals surface area contributed by atoms with Gasteiger partial charge in [0.05, 0.1) is 0 Å². The number of hydrogen-bond acceptors (Lipinski definition) is 1. The summed E-state index contributed by atoms with van der Waals surface area (Å²) in [6.07, 6.45) is 5.76. The van der Waals surface area contributed by atoms with Crippen molar-refractivity contribution in [1.29, 1.82) is 0 Å².